The normalized spacial score (nSPS) is 10.6. The number of amides is 1. The highest BCUT2D eigenvalue weighted by Gasteiger charge is 2.18. The van der Waals surface area contributed by atoms with Gasteiger partial charge in [-0.25, -0.2) is 10.2 Å². The van der Waals surface area contributed by atoms with E-state index in [0.29, 0.717) is 23.8 Å². The van der Waals surface area contributed by atoms with Gasteiger partial charge in [0.25, 0.3) is 5.91 Å². The number of nitrogens with zero attached hydrogens (tertiary/aromatic N) is 2. The van der Waals surface area contributed by atoms with Gasteiger partial charge in [-0.1, -0.05) is 18.2 Å². The molecule has 0 aliphatic carbocycles. The monoisotopic (exact) mass is 297 g/mol. The van der Waals surface area contributed by atoms with E-state index in [4.69, 9.17) is 9.25 Å². The second-order valence-corrected chi connectivity index (χ2v) is 4.50. The lowest BCUT2D eigenvalue weighted by Crippen LogP contribution is -2.26. The molecule has 0 spiro atoms. The minimum Gasteiger partial charge on any atom is -0.463 e. The van der Waals surface area contributed by atoms with Crippen LogP contribution in [0, 0.1) is 0 Å². The lowest BCUT2D eigenvalue weighted by atomic mass is 10.3. The standard InChI is InChI=1S/C16H15N3O3/c1-2-22-18-16(20)14-11-13(15-9-6-10-21-15)17-19(14)12-7-4-3-5-8-12/h3-11H,2H2,1H3,(H,18,20). The van der Waals surface area contributed by atoms with E-state index in [1.54, 1.807) is 36.1 Å². The van der Waals surface area contributed by atoms with Crippen molar-refractivity contribution >= 4 is 5.91 Å². The number of carbonyl (C=O) groups is 1. The summed E-state index contributed by atoms with van der Waals surface area (Å²) in [6, 6.07) is 14.6. The summed E-state index contributed by atoms with van der Waals surface area (Å²) in [5, 5.41) is 4.46. The summed E-state index contributed by atoms with van der Waals surface area (Å²) in [5.74, 6) is 0.233. The Labute approximate surface area is 127 Å². The molecule has 22 heavy (non-hydrogen) atoms. The summed E-state index contributed by atoms with van der Waals surface area (Å²) in [6.45, 7) is 2.18. The summed E-state index contributed by atoms with van der Waals surface area (Å²) in [4.78, 5) is 17.2. The van der Waals surface area contributed by atoms with Crippen molar-refractivity contribution in [3.63, 3.8) is 0 Å². The second kappa shape index (κ2) is 6.28. The number of rotatable bonds is 5. The molecule has 0 radical (unpaired) electrons. The van der Waals surface area contributed by atoms with Crippen LogP contribution in [0.4, 0.5) is 0 Å². The lowest BCUT2D eigenvalue weighted by Gasteiger charge is -2.07. The number of hydrogen-bond donors (Lipinski definition) is 1. The Kier molecular flexibility index (Phi) is 4.02. The first kappa shape index (κ1) is 14.1. The minimum absolute atomic E-state index is 0.365. The molecule has 2 aromatic heterocycles. The number of hydrogen-bond acceptors (Lipinski definition) is 4. The third kappa shape index (κ3) is 2.77. The Bertz CT molecular complexity index is 748. The number of furan rings is 1. The van der Waals surface area contributed by atoms with E-state index in [0.717, 1.165) is 5.69 Å². The molecule has 0 aliphatic rings. The van der Waals surface area contributed by atoms with Crippen molar-refractivity contribution in [3.8, 4) is 17.1 Å². The molecule has 0 bridgehead atoms. The van der Waals surface area contributed by atoms with E-state index in [1.807, 2.05) is 30.3 Å². The smallest absolute Gasteiger partial charge is 0.293 e. The Morgan fingerprint density at radius 1 is 1.27 bits per heavy atom. The average molecular weight is 297 g/mol. The number of nitrogens with one attached hydrogen (secondary N) is 1. The zero-order valence-electron chi connectivity index (χ0n) is 12.0. The van der Waals surface area contributed by atoms with Crippen LogP contribution in [0.5, 0.6) is 0 Å². The van der Waals surface area contributed by atoms with Gasteiger partial charge in [-0.2, -0.15) is 5.10 Å². The van der Waals surface area contributed by atoms with Gasteiger partial charge in [0, 0.05) is 6.07 Å². The third-order valence-electron chi connectivity index (χ3n) is 3.03. The van der Waals surface area contributed by atoms with Crippen molar-refractivity contribution in [3.05, 3.63) is 60.5 Å². The number of aromatic nitrogens is 2. The maximum atomic E-state index is 12.3. The largest absolute Gasteiger partial charge is 0.463 e. The quantitative estimate of drug-likeness (QED) is 0.735. The van der Waals surface area contributed by atoms with Crippen LogP contribution in [-0.4, -0.2) is 22.3 Å². The third-order valence-corrected chi connectivity index (χ3v) is 3.03. The Balaban J connectivity index is 2.04. The van der Waals surface area contributed by atoms with Crippen LogP contribution in [0.25, 0.3) is 17.1 Å². The molecule has 1 amide bonds. The molecule has 0 atom stereocenters. The number of para-hydroxylation sites is 1. The molecule has 0 saturated heterocycles. The maximum Gasteiger partial charge on any atom is 0.293 e. The van der Waals surface area contributed by atoms with Crippen LogP contribution >= 0.6 is 0 Å². The van der Waals surface area contributed by atoms with Crippen LogP contribution in [0.2, 0.25) is 0 Å². The van der Waals surface area contributed by atoms with E-state index in [2.05, 4.69) is 10.6 Å². The summed E-state index contributed by atoms with van der Waals surface area (Å²) in [5.41, 5.74) is 4.11. The van der Waals surface area contributed by atoms with Gasteiger partial charge in [0.2, 0.25) is 0 Å². The Morgan fingerprint density at radius 2 is 2.09 bits per heavy atom. The SMILES string of the molecule is CCONC(=O)c1cc(-c2ccco2)nn1-c1ccccc1. The molecular weight excluding hydrogens is 282 g/mol. The molecule has 3 rings (SSSR count). The highest BCUT2D eigenvalue weighted by Crippen LogP contribution is 2.22. The zero-order valence-corrected chi connectivity index (χ0v) is 12.0. The van der Waals surface area contributed by atoms with Crippen LogP contribution in [-0.2, 0) is 4.84 Å². The molecule has 6 nitrogen and oxygen atoms in total. The second-order valence-electron chi connectivity index (χ2n) is 4.50. The van der Waals surface area contributed by atoms with Gasteiger partial charge >= 0.3 is 0 Å². The van der Waals surface area contributed by atoms with Gasteiger partial charge in [-0.3, -0.25) is 9.63 Å². The molecule has 0 fully saturated rings. The van der Waals surface area contributed by atoms with Crippen molar-refractivity contribution in [2.45, 2.75) is 6.92 Å². The Hall–Kier alpha value is -2.86. The summed E-state index contributed by atoms with van der Waals surface area (Å²) in [7, 11) is 0. The van der Waals surface area contributed by atoms with Gasteiger partial charge in [0.05, 0.1) is 18.6 Å². The molecule has 112 valence electrons. The van der Waals surface area contributed by atoms with Gasteiger partial charge < -0.3 is 4.42 Å². The molecule has 0 unspecified atom stereocenters. The van der Waals surface area contributed by atoms with Crippen molar-refractivity contribution in [2.24, 2.45) is 0 Å². The number of benzene rings is 1. The molecule has 3 aromatic rings. The Morgan fingerprint density at radius 3 is 2.77 bits per heavy atom. The molecule has 6 heteroatoms. The van der Waals surface area contributed by atoms with E-state index >= 15 is 0 Å². The average Bonchev–Trinajstić information content (AvgIpc) is 3.22. The first-order chi connectivity index (χ1) is 10.8. The number of hydroxylamine groups is 1. The fourth-order valence-corrected chi connectivity index (χ4v) is 2.04. The van der Waals surface area contributed by atoms with E-state index < -0.39 is 0 Å². The van der Waals surface area contributed by atoms with E-state index in [-0.39, 0.29) is 5.91 Å². The summed E-state index contributed by atoms with van der Waals surface area (Å²) >= 11 is 0. The van der Waals surface area contributed by atoms with Crippen LogP contribution in [0.3, 0.4) is 0 Å². The van der Waals surface area contributed by atoms with Crippen molar-refractivity contribution < 1.29 is 14.0 Å². The predicted octanol–water partition coefficient (Wildman–Crippen LogP) is 2.81. The molecule has 1 N–H and O–H groups in total. The first-order valence-electron chi connectivity index (χ1n) is 6.91. The molecule has 0 saturated carbocycles. The van der Waals surface area contributed by atoms with E-state index in [1.165, 1.54) is 0 Å². The van der Waals surface area contributed by atoms with Crippen LogP contribution in [0.15, 0.2) is 59.2 Å². The van der Waals surface area contributed by atoms with Crippen LogP contribution < -0.4 is 5.48 Å². The molecule has 2 heterocycles. The summed E-state index contributed by atoms with van der Waals surface area (Å²) in [6.07, 6.45) is 1.57. The fraction of sp³-hybridized carbons (Fsp3) is 0.125. The van der Waals surface area contributed by atoms with Gasteiger partial charge in [-0.15, -0.1) is 0 Å². The number of carbonyl (C=O) groups excluding carboxylic acids is 1. The van der Waals surface area contributed by atoms with Crippen molar-refractivity contribution in [2.75, 3.05) is 6.61 Å². The molecule has 0 aliphatic heterocycles. The predicted molar refractivity (Wildman–Crippen MR) is 80.4 cm³/mol. The first-order valence-corrected chi connectivity index (χ1v) is 6.91. The lowest BCUT2D eigenvalue weighted by molar-refractivity contribution is 0.0357. The van der Waals surface area contributed by atoms with Crippen molar-refractivity contribution in [1.29, 1.82) is 0 Å². The highest BCUT2D eigenvalue weighted by atomic mass is 16.6. The van der Waals surface area contributed by atoms with Gasteiger partial charge in [0.1, 0.15) is 11.4 Å². The molecule has 1 aromatic carbocycles. The molecular formula is C16H15N3O3. The van der Waals surface area contributed by atoms with Gasteiger partial charge in [-0.05, 0) is 31.2 Å². The van der Waals surface area contributed by atoms with E-state index in [9.17, 15) is 4.79 Å². The minimum atomic E-state index is -0.365. The van der Waals surface area contributed by atoms with Crippen molar-refractivity contribution in [1.82, 2.24) is 15.3 Å². The maximum absolute atomic E-state index is 12.3. The van der Waals surface area contributed by atoms with Crippen LogP contribution in [0.1, 0.15) is 17.4 Å². The topological polar surface area (TPSA) is 69.3 Å². The van der Waals surface area contributed by atoms with Gasteiger partial charge in [0.15, 0.2) is 5.76 Å². The zero-order chi connectivity index (χ0) is 15.4. The fourth-order valence-electron chi connectivity index (χ4n) is 2.04. The summed E-state index contributed by atoms with van der Waals surface area (Å²) < 4.78 is 6.91. The highest BCUT2D eigenvalue weighted by molar-refractivity contribution is 5.93.